The van der Waals surface area contributed by atoms with E-state index in [0.29, 0.717) is 0 Å². The number of imidazole rings is 1. The van der Waals surface area contributed by atoms with Crippen molar-refractivity contribution in [3.63, 3.8) is 0 Å². The minimum atomic E-state index is 0.816. The first-order valence-electron chi connectivity index (χ1n) is 7.19. The van der Waals surface area contributed by atoms with Gasteiger partial charge in [0.05, 0.1) is 11.4 Å². The van der Waals surface area contributed by atoms with E-state index in [9.17, 15) is 0 Å². The van der Waals surface area contributed by atoms with Gasteiger partial charge in [0.15, 0.2) is 5.65 Å². The number of aromatic nitrogens is 3. The summed E-state index contributed by atoms with van der Waals surface area (Å²) in [5.74, 6) is 0.816. The minimum Gasteiger partial charge on any atom is -0.303 e. The Bertz CT molecular complexity index is 769. The topological polar surface area (TPSA) is 30.2 Å². The molecule has 1 aliphatic rings. The fourth-order valence-corrected chi connectivity index (χ4v) is 2.67. The molecule has 2 aromatic heterocycles. The second kappa shape index (κ2) is 4.44. The number of rotatable bonds is 3. The van der Waals surface area contributed by atoms with Gasteiger partial charge < -0.3 is 4.40 Å². The van der Waals surface area contributed by atoms with Gasteiger partial charge in [-0.3, -0.25) is 0 Å². The van der Waals surface area contributed by atoms with Gasteiger partial charge in [0, 0.05) is 24.2 Å². The van der Waals surface area contributed by atoms with E-state index in [-0.39, 0.29) is 0 Å². The minimum absolute atomic E-state index is 0.816. The van der Waals surface area contributed by atoms with Crippen molar-refractivity contribution in [3.05, 3.63) is 54.1 Å². The molecule has 20 heavy (non-hydrogen) atoms. The highest BCUT2D eigenvalue weighted by Crippen LogP contribution is 2.33. The fourth-order valence-electron chi connectivity index (χ4n) is 2.67. The van der Waals surface area contributed by atoms with Gasteiger partial charge in [0.25, 0.3) is 0 Å². The van der Waals surface area contributed by atoms with Gasteiger partial charge in [0.1, 0.15) is 0 Å². The lowest BCUT2D eigenvalue weighted by atomic mass is 10.1. The first kappa shape index (κ1) is 11.6. The van der Waals surface area contributed by atoms with Crippen molar-refractivity contribution in [3.8, 4) is 11.3 Å². The standard InChI is InChI=1S/C17H17N3/c1-12-3-2-4-14(9-12)16-11-20-8-7-18-17(20)15(19-16)10-13-5-6-13/h2-4,7-9,11,13H,5-6,10H2,1H3. The Kier molecular flexibility index (Phi) is 2.59. The summed E-state index contributed by atoms with van der Waals surface area (Å²) in [4.78, 5) is 9.33. The highest BCUT2D eigenvalue weighted by atomic mass is 15.0. The Morgan fingerprint density at radius 1 is 1.30 bits per heavy atom. The number of benzene rings is 1. The number of nitrogens with zero attached hydrogens (tertiary/aromatic N) is 3. The van der Waals surface area contributed by atoms with Crippen molar-refractivity contribution in [1.82, 2.24) is 14.4 Å². The summed E-state index contributed by atoms with van der Waals surface area (Å²) in [6.07, 6.45) is 9.67. The Balaban J connectivity index is 1.86. The predicted molar refractivity (Wildman–Crippen MR) is 79.6 cm³/mol. The molecular formula is C17H17N3. The molecule has 2 heterocycles. The maximum absolute atomic E-state index is 4.88. The zero-order chi connectivity index (χ0) is 13.5. The van der Waals surface area contributed by atoms with Crippen LogP contribution < -0.4 is 0 Å². The average Bonchev–Trinajstić information content (AvgIpc) is 3.13. The van der Waals surface area contributed by atoms with E-state index in [1.807, 2.05) is 12.4 Å². The summed E-state index contributed by atoms with van der Waals surface area (Å²) in [5, 5.41) is 0. The van der Waals surface area contributed by atoms with E-state index in [1.165, 1.54) is 24.0 Å². The highest BCUT2D eigenvalue weighted by Gasteiger charge is 2.24. The van der Waals surface area contributed by atoms with Gasteiger partial charge in [0.2, 0.25) is 0 Å². The Morgan fingerprint density at radius 2 is 2.20 bits per heavy atom. The van der Waals surface area contributed by atoms with Crippen LogP contribution in [0.5, 0.6) is 0 Å². The third-order valence-electron chi connectivity index (χ3n) is 3.94. The Morgan fingerprint density at radius 3 is 3.00 bits per heavy atom. The van der Waals surface area contributed by atoms with Crippen LogP contribution in [-0.4, -0.2) is 14.4 Å². The number of aryl methyl sites for hydroxylation is 1. The molecule has 0 amide bonds. The van der Waals surface area contributed by atoms with Gasteiger partial charge in [-0.1, -0.05) is 23.8 Å². The number of fused-ring (bicyclic) bond motifs is 1. The summed E-state index contributed by atoms with van der Waals surface area (Å²) >= 11 is 0. The van der Waals surface area contributed by atoms with Crippen molar-refractivity contribution in [1.29, 1.82) is 0 Å². The lowest BCUT2D eigenvalue weighted by Gasteiger charge is -2.08. The molecule has 0 atom stereocenters. The summed E-state index contributed by atoms with van der Waals surface area (Å²) in [6, 6.07) is 8.51. The van der Waals surface area contributed by atoms with E-state index in [2.05, 4.69) is 46.8 Å². The lowest BCUT2D eigenvalue weighted by molar-refractivity contribution is 0.802. The quantitative estimate of drug-likeness (QED) is 0.722. The molecule has 0 unspecified atom stereocenters. The lowest BCUT2D eigenvalue weighted by Crippen LogP contribution is -2.00. The van der Waals surface area contributed by atoms with Gasteiger partial charge in [-0.15, -0.1) is 0 Å². The molecule has 1 saturated carbocycles. The molecule has 100 valence electrons. The molecule has 1 fully saturated rings. The molecule has 0 spiro atoms. The summed E-state index contributed by atoms with van der Waals surface area (Å²) < 4.78 is 2.10. The molecule has 0 radical (unpaired) electrons. The molecule has 4 rings (SSSR count). The molecule has 3 aromatic rings. The number of hydrogen-bond acceptors (Lipinski definition) is 2. The first-order valence-corrected chi connectivity index (χ1v) is 7.19. The van der Waals surface area contributed by atoms with Crippen LogP contribution in [0.3, 0.4) is 0 Å². The van der Waals surface area contributed by atoms with Crippen molar-refractivity contribution in [2.24, 2.45) is 5.92 Å². The van der Waals surface area contributed by atoms with Crippen LogP contribution in [0.4, 0.5) is 0 Å². The smallest absolute Gasteiger partial charge is 0.158 e. The van der Waals surface area contributed by atoms with Crippen molar-refractivity contribution < 1.29 is 0 Å². The predicted octanol–water partition coefficient (Wildman–Crippen LogP) is 3.66. The maximum atomic E-state index is 4.88. The highest BCUT2D eigenvalue weighted by molar-refractivity contribution is 5.62. The SMILES string of the molecule is Cc1cccc(-c2cn3ccnc3c(CC3CC3)n2)c1. The monoisotopic (exact) mass is 263 g/mol. The molecule has 1 aromatic carbocycles. The van der Waals surface area contributed by atoms with Gasteiger partial charge in [-0.05, 0) is 38.2 Å². The zero-order valence-corrected chi connectivity index (χ0v) is 11.6. The van der Waals surface area contributed by atoms with Crippen molar-refractivity contribution in [2.75, 3.05) is 0 Å². The van der Waals surface area contributed by atoms with Crippen LogP contribution in [0, 0.1) is 12.8 Å². The summed E-state index contributed by atoms with van der Waals surface area (Å²) in [7, 11) is 0. The van der Waals surface area contributed by atoms with Crippen LogP contribution in [0.1, 0.15) is 24.1 Å². The molecule has 3 nitrogen and oxygen atoms in total. The van der Waals surface area contributed by atoms with E-state index in [4.69, 9.17) is 4.98 Å². The summed E-state index contributed by atoms with van der Waals surface area (Å²) in [5.41, 5.74) is 5.62. The second-order valence-electron chi connectivity index (χ2n) is 5.75. The average molecular weight is 263 g/mol. The summed E-state index contributed by atoms with van der Waals surface area (Å²) in [6.45, 7) is 2.12. The second-order valence-corrected chi connectivity index (χ2v) is 5.75. The Labute approximate surface area is 118 Å². The normalized spacial score (nSPS) is 14.8. The van der Waals surface area contributed by atoms with E-state index in [0.717, 1.165) is 29.4 Å². The van der Waals surface area contributed by atoms with Gasteiger partial charge in [-0.2, -0.15) is 0 Å². The molecule has 0 saturated heterocycles. The largest absolute Gasteiger partial charge is 0.303 e. The third-order valence-corrected chi connectivity index (χ3v) is 3.94. The fraction of sp³-hybridized carbons (Fsp3) is 0.294. The molecule has 0 aliphatic heterocycles. The third kappa shape index (κ3) is 2.09. The maximum Gasteiger partial charge on any atom is 0.158 e. The number of hydrogen-bond donors (Lipinski definition) is 0. The Hall–Kier alpha value is -2.16. The van der Waals surface area contributed by atoms with Crippen LogP contribution in [-0.2, 0) is 6.42 Å². The molecule has 0 bridgehead atoms. The van der Waals surface area contributed by atoms with Crippen molar-refractivity contribution in [2.45, 2.75) is 26.2 Å². The molecule has 0 N–H and O–H groups in total. The van der Waals surface area contributed by atoms with Crippen molar-refractivity contribution >= 4 is 5.65 Å². The van der Waals surface area contributed by atoms with E-state index >= 15 is 0 Å². The van der Waals surface area contributed by atoms with Crippen LogP contribution in [0.15, 0.2) is 42.9 Å². The van der Waals surface area contributed by atoms with E-state index < -0.39 is 0 Å². The van der Waals surface area contributed by atoms with E-state index in [1.54, 1.807) is 0 Å². The molecule has 1 aliphatic carbocycles. The molecular weight excluding hydrogens is 246 g/mol. The van der Waals surface area contributed by atoms with Gasteiger partial charge >= 0.3 is 0 Å². The van der Waals surface area contributed by atoms with Crippen LogP contribution in [0.2, 0.25) is 0 Å². The van der Waals surface area contributed by atoms with Crippen LogP contribution >= 0.6 is 0 Å². The van der Waals surface area contributed by atoms with Crippen LogP contribution in [0.25, 0.3) is 16.9 Å². The molecule has 3 heteroatoms. The first-order chi connectivity index (χ1) is 9.79. The van der Waals surface area contributed by atoms with Gasteiger partial charge in [-0.25, -0.2) is 9.97 Å². The zero-order valence-electron chi connectivity index (χ0n) is 11.6.